The van der Waals surface area contributed by atoms with Crippen LogP contribution in [0.15, 0.2) is 23.6 Å². The zero-order chi connectivity index (χ0) is 10.9. The third kappa shape index (κ3) is 5.74. The Labute approximate surface area is 96.1 Å². The number of hydrogen-bond acceptors (Lipinski definition) is 4. The molecule has 0 amide bonds. The number of aromatic nitrogens is 2. The Morgan fingerprint density at radius 3 is 3.00 bits per heavy atom. The largest absolute Gasteiger partial charge is 0.315 e. The Balaban J connectivity index is 2.07. The molecule has 1 aromatic rings. The second-order valence-corrected chi connectivity index (χ2v) is 4.61. The summed E-state index contributed by atoms with van der Waals surface area (Å²) in [5.41, 5.74) is 0. The summed E-state index contributed by atoms with van der Waals surface area (Å²) in [6.45, 7) is 5.43. The quantitative estimate of drug-likeness (QED) is 0.571. The minimum absolute atomic E-state index is 0.623. The maximum Gasteiger partial charge on any atom is 0.114 e. The van der Waals surface area contributed by atoms with E-state index in [9.17, 15) is 0 Å². The molecule has 0 spiro atoms. The lowest BCUT2D eigenvalue weighted by molar-refractivity contribution is 0.526. The summed E-state index contributed by atoms with van der Waals surface area (Å²) in [7, 11) is 0. The molecule has 1 heterocycles. The van der Waals surface area contributed by atoms with Gasteiger partial charge in [0.15, 0.2) is 0 Å². The molecule has 0 saturated heterocycles. The molecule has 0 bridgehead atoms. The van der Waals surface area contributed by atoms with E-state index in [0.29, 0.717) is 6.04 Å². The van der Waals surface area contributed by atoms with E-state index >= 15 is 0 Å². The van der Waals surface area contributed by atoms with Gasteiger partial charge in [-0.25, -0.2) is 4.98 Å². The first-order chi connectivity index (χ1) is 7.33. The highest BCUT2D eigenvalue weighted by Crippen LogP contribution is 2.15. The van der Waals surface area contributed by atoms with Gasteiger partial charge in [-0.05, 0) is 32.1 Å². The smallest absolute Gasteiger partial charge is 0.114 e. The summed E-state index contributed by atoms with van der Waals surface area (Å²) in [5, 5.41) is 4.43. The topological polar surface area (TPSA) is 37.8 Å². The molecule has 1 atom stereocenters. The molecule has 0 aliphatic carbocycles. The van der Waals surface area contributed by atoms with Crippen molar-refractivity contribution >= 4 is 11.8 Å². The first-order valence-corrected chi connectivity index (χ1v) is 6.43. The van der Waals surface area contributed by atoms with Crippen molar-refractivity contribution in [3.05, 3.63) is 18.6 Å². The molecule has 0 fully saturated rings. The van der Waals surface area contributed by atoms with Crippen LogP contribution in [-0.2, 0) is 0 Å². The highest BCUT2D eigenvalue weighted by atomic mass is 32.2. The van der Waals surface area contributed by atoms with Crippen molar-refractivity contribution in [3.63, 3.8) is 0 Å². The molecule has 3 nitrogen and oxygen atoms in total. The van der Waals surface area contributed by atoms with Crippen molar-refractivity contribution in [3.8, 4) is 0 Å². The first-order valence-electron chi connectivity index (χ1n) is 5.45. The molecule has 1 unspecified atom stereocenters. The lowest BCUT2D eigenvalue weighted by atomic mass is 10.2. The van der Waals surface area contributed by atoms with Crippen LogP contribution in [0.4, 0.5) is 0 Å². The number of thioether (sulfide) groups is 1. The van der Waals surface area contributed by atoms with Crippen molar-refractivity contribution in [1.82, 2.24) is 15.3 Å². The molecule has 0 aliphatic rings. The molecule has 4 heteroatoms. The lowest BCUT2D eigenvalue weighted by Crippen LogP contribution is -2.25. The third-order valence-corrected chi connectivity index (χ3v) is 3.12. The van der Waals surface area contributed by atoms with E-state index in [1.54, 1.807) is 24.2 Å². The second-order valence-electron chi connectivity index (χ2n) is 3.49. The summed E-state index contributed by atoms with van der Waals surface area (Å²) >= 11 is 1.78. The maximum absolute atomic E-state index is 4.22. The van der Waals surface area contributed by atoms with Crippen molar-refractivity contribution in [1.29, 1.82) is 0 Å². The van der Waals surface area contributed by atoms with E-state index in [0.717, 1.165) is 17.3 Å². The van der Waals surface area contributed by atoms with Crippen molar-refractivity contribution in [2.75, 3.05) is 12.3 Å². The summed E-state index contributed by atoms with van der Waals surface area (Å²) < 4.78 is 0. The molecule has 0 aliphatic heterocycles. The molecule has 0 saturated carbocycles. The fraction of sp³-hybridized carbons (Fsp3) is 0.636. The van der Waals surface area contributed by atoms with E-state index in [1.807, 2.05) is 6.20 Å². The maximum atomic E-state index is 4.22. The number of nitrogens with one attached hydrogen (secondary N) is 1. The SMILES string of the molecule is CCNC(C)CCCSc1cnccn1. The fourth-order valence-corrected chi connectivity index (χ4v) is 2.17. The monoisotopic (exact) mass is 225 g/mol. The molecule has 84 valence electrons. The molecule has 0 radical (unpaired) electrons. The van der Waals surface area contributed by atoms with Gasteiger partial charge in [-0.2, -0.15) is 0 Å². The van der Waals surface area contributed by atoms with Crippen LogP contribution in [0.1, 0.15) is 26.7 Å². The summed E-state index contributed by atoms with van der Waals surface area (Å²) in [6, 6.07) is 0.623. The molecule has 1 aromatic heterocycles. The van der Waals surface area contributed by atoms with Crippen LogP contribution in [0.2, 0.25) is 0 Å². The number of nitrogens with zero attached hydrogens (tertiary/aromatic N) is 2. The Morgan fingerprint density at radius 1 is 1.47 bits per heavy atom. The highest BCUT2D eigenvalue weighted by molar-refractivity contribution is 7.99. The Hall–Kier alpha value is -0.610. The summed E-state index contributed by atoms with van der Waals surface area (Å²) in [5.74, 6) is 1.12. The van der Waals surface area contributed by atoms with E-state index in [1.165, 1.54) is 12.8 Å². The highest BCUT2D eigenvalue weighted by Gasteiger charge is 2.00. The number of rotatable bonds is 7. The zero-order valence-corrected chi connectivity index (χ0v) is 10.3. The van der Waals surface area contributed by atoms with Crippen molar-refractivity contribution in [2.45, 2.75) is 37.8 Å². The van der Waals surface area contributed by atoms with Crippen LogP contribution in [0.5, 0.6) is 0 Å². The summed E-state index contributed by atoms with van der Waals surface area (Å²) in [6.07, 6.45) is 7.70. The van der Waals surface area contributed by atoms with Gasteiger partial charge in [-0.3, -0.25) is 4.98 Å². The van der Waals surface area contributed by atoms with Gasteiger partial charge in [-0.1, -0.05) is 6.92 Å². The Bertz CT molecular complexity index is 253. The van der Waals surface area contributed by atoms with Crippen LogP contribution < -0.4 is 5.32 Å². The minimum Gasteiger partial charge on any atom is -0.315 e. The molecular formula is C11H19N3S. The van der Waals surface area contributed by atoms with Gasteiger partial charge < -0.3 is 5.32 Å². The first kappa shape index (κ1) is 12.5. The summed E-state index contributed by atoms with van der Waals surface area (Å²) in [4.78, 5) is 8.25. The predicted molar refractivity (Wildman–Crippen MR) is 65.1 cm³/mol. The Kier molecular flexibility index (Phi) is 6.36. The van der Waals surface area contributed by atoms with Gasteiger partial charge in [0.1, 0.15) is 5.03 Å². The number of hydrogen-bond donors (Lipinski definition) is 1. The zero-order valence-electron chi connectivity index (χ0n) is 9.44. The van der Waals surface area contributed by atoms with Crippen LogP contribution in [0, 0.1) is 0 Å². The normalized spacial score (nSPS) is 12.7. The van der Waals surface area contributed by atoms with Crippen molar-refractivity contribution < 1.29 is 0 Å². The molecule has 1 rings (SSSR count). The lowest BCUT2D eigenvalue weighted by Gasteiger charge is -2.10. The average Bonchev–Trinajstić information content (AvgIpc) is 2.26. The van der Waals surface area contributed by atoms with E-state index in [4.69, 9.17) is 0 Å². The van der Waals surface area contributed by atoms with Crippen LogP contribution in [0.25, 0.3) is 0 Å². The van der Waals surface area contributed by atoms with Crippen LogP contribution in [-0.4, -0.2) is 28.3 Å². The second kappa shape index (κ2) is 7.65. The molecule has 0 aromatic carbocycles. The Morgan fingerprint density at radius 2 is 2.33 bits per heavy atom. The van der Waals surface area contributed by atoms with Gasteiger partial charge >= 0.3 is 0 Å². The van der Waals surface area contributed by atoms with Gasteiger partial charge in [-0.15, -0.1) is 11.8 Å². The third-order valence-electron chi connectivity index (χ3n) is 2.12. The van der Waals surface area contributed by atoms with E-state index in [2.05, 4.69) is 29.1 Å². The van der Waals surface area contributed by atoms with Gasteiger partial charge in [0.2, 0.25) is 0 Å². The van der Waals surface area contributed by atoms with Crippen LogP contribution >= 0.6 is 11.8 Å². The molecular weight excluding hydrogens is 206 g/mol. The van der Waals surface area contributed by atoms with Crippen LogP contribution in [0.3, 0.4) is 0 Å². The molecule has 15 heavy (non-hydrogen) atoms. The standard InChI is InChI=1S/C11H19N3S/c1-3-13-10(2)5-4-8-15-11-9-12-6-7-14-11/h6-7,9-10,13H,3-5,8H2,1-2H3. The van der Waals surface area contributed by atoms with E-state index < -0.39 is 0 Å². The molecule has 1 N–H and O–H groups in total. The van der Waals surface area contributed by atoms with E-state index in [-0.39, 0.29) is 0 Å². The minimum atomic E-state index is 0.623. The van der Waals surface area contributed by atoms with Gasteiger partial charge in [0, 0.05) is 18.4 Å². The van der Waals surface area contributed by atoms with Gasteiger partial charge in [0.05, 0.1) is 6.20 Å². The fourth-order valence-electron chi connectivity index (χ4n) is 1.38. The van der Waals surface area contributed by atoms with Crippen molar-refractivity contribution in [2.24, 2.45) is 0 Å². The average molecular weight is 225 g/mol. The van der Waals surface area contributed by atoms with Gasteiger partial charge in [0.25, 0.3) is 0 Å². The predicted octanol–water partition coefficient (Wildman–Crippen LogP) is 2.35.